The third-order valence-electron chi connectivity index (χ3n) is 3.97. The van der Waals surface area contributed by atoms with E-state index >= 15 is 0 Å². The minimum absolute atomic E-state index is 0.206. The van der Waals surface area contributed by atoms with Crippen molar-refractivity contribution in [2.45, 2.75) is 26.4 Å². The Bertz CT molecular complexity index is 630. The van der Waals surface area contributed by atoms with Crippen LogP contribution in [0.15, 0.2) is 6.20 Å². The van der Waals surface area contributed by atoms with Crippen molar-refractivity contribution in [3.8, 4) is 5.88 Å². The van der Waals surface area contributed by atoms with E-state index in [4.69, 9.17) is 9.47 Å². The molecule has 2 heterocycles. The number of nitrogens with one attached hydrogen (secondary N) is 1. The standard InChI is InChI=1S/C17H29N5O4/c1-17(2,3)26-16(24)22-10-8-21(9-11-22)7-6-18-14(23)13-12-20(4)19-15(13)25-5/h12H,6-11H2,1-5H3,(H,18,23). The van der Waals surface area contributed by atoms with Gasteiger partial charge >= 0.3 is 6.09 Å². The first-order valence-electron chi connectivity index (χ1n) is 8.75. The van der Waals surface area contributed by atoms with Gasteiger partial charge in [-0.1, -0.05) is 0 Å². The second-order valence-electron chi connectivity index (χ2n) is 7.29. The van der Waals surface area contributed by atoms with E-state index in [-0.39, 0.29) is 12.0 Å². The molecule has 9 nitrogen and oxygen atoms in total. The summed E-state index contributed by atoms with van der Waals surface area (Å²) in [6.45, 7) is 9.58. The van der Waals surface area contributed by atoms with Gasteiger partial charge in [0.2, 0.25) is 5.88 Å². The number of rotatable bonds is 5. The fourth-order valence-electron chi connectivity index (χ4n) is 2.68. The molecule has 0 bridgehead atoms. The van der Waals surface area contributed by atoms with Crippen LogP contribution in [0.3, 0.4) is 0 Å². The molecular weight excluding hydrogens is 338 g/mol. The Morgan fingerprint density at radius 3 is 2.46 bits per heavy atom. The molecule has 1 aromatic rings. The first-order valence-corrected chi connectivity index (χ1v) is 8.75. The number of aryl methyl sites for hydroxylation is 1. The molecule has 1 aliphatic heterocycles. The average molecular weight is 367 g/mol. The summed E-state index contributed by atoms with van der Waals surface area (Å²) >= 11 is 0. The molecule has 0 spiro atoms. The van der Waals surface area contributed by atoms with Gasteiger partial charge in [0.15, 0.2) is 0 Å². The first kappa shape index (κ1) is 20.0. The summed E-state index contributed by atoms with van der Waals surface area (Å²) < 4.78 is 12.0. The molecule has 9 heteroatoms. The number of amides is 2. The van der Waals surface area contributed by atoms with Gasteiger partial charge in [0.1, 0.15) is 11.2 Å². The lowest BCUT2D eigenvalue weighted by Crippen LogP contribution is -2.51. The molecule has 0 unspecified atom stereocenters. The smallest absolute Gasteiger partial charge is 0.410 e. The molecule has 0 radical (unpaired) electrons. The highest BCUT2D eigenvalue weighted by Crippen LogP contribution is 2.14. The Hall–Kier alpha value is -2.29. The fraction of sp³-hybridized carbons (Fsp3) is 0.706. The van der Waals surface area contributed by atoms with Crippen LogP contribution in [-0.4, -0.2) is 83.6 Å². The van der Waals surface area contributed by atoms with Crippen LogP contribution in [0.4, 0.5) is 4.79 Å². The normalized spacial score (nSPS) is 15.7. The topological polar surface area (TPSA) is 88.9 Å². The van der Waals surface area contributed by atoms with Crippen LogP contribution in [0.2, 0.25) is 0 Å². The van der Waals surface area contributed by atoms with E-state index in [0.717, 1.165) is 19.6 Å². The van der Waals surface area contributed by atoms with Crippen molar-refractivity contribution in [1.82, 2.24) is 24.9 Å². The second kappa shape index (κ2) is 8.39. The van der Waals surface area contributed by atoms with Crippen molar-refractivity contribution >= 4 is 12.0 Å². The van der Waals surface area contributed by atoms with E-state index in [1.165, 1.54) is 7.11 Å². The molecular formula is C17H29N5O4. The van der Waals surface area contributed by atoms with E-state index in [0.29, 0.717) is 31.1 Å². The molecule has 1 aromatic heterocycles. The van der Waals surface area contributed by atoms with Crippen LogP contribution in [0.25, 0.3) is 0 Å². The number of carbonyl (C=O) groups is 2. The van der Waals surface area contributed by atoms with Crippen molar-refractivity contribution in [2.24, 2.45) is 7.05 Å². The monoisotopic (exact) mass is 367 g/mol. The highest BCUT2D eigenvalue weighted by molar-refractivity contribution is 5.96. The van der Waals surface area contributed by atoms with Gasteiger partial charge in [-0.2, -0.15) is 0 Å². The van der Waals surface area contributed by atoms with Crippen molar-refractivity contribution in [1.29, 1.82) is 0 Å². The first-order chi connectivity index (χ1) is 12.2. The molecule has 146 valence electrons. The van der Waals surface area contributed by atoms with Gasteiger partial charge in [0.25, 0.3) is 5.91 Å². The quantitative estimate of drug-likeness (QED) is 0.825. The Morgan fingerprint density at radius 1 is 1.23 bits per heavy atom. The van der Waals surface area contributed by atoms with E-state index in [2.05, 4.69) is 15.3 Å². The molecule has 1 saturated heterocycles. The maximum atomic E-state index is 12.2. The van der Waals surface area contributed by atoms with Crippen LogP contribution in [-0.2, 0) is 11.8 Å². The molecule has 1 aliphatic rings. The lowest BCUT2D eigenvalue weighted by molar-refractivity contribution is 0.0147. The SMILES string of the molecule is COc1nn(C)cc1C(=O)NCCN1CCN(C(=O)OC(C)(C)C)CC1. The molecule has 0 aliphatic carbocycles. The highest BCUT2D eigenvalue weighted by Gasteiger charge is 2.25. The molecule has 2 amide bonds. The van der Waals surface area contributed by atoms with Gasteiger partial charge in [-0.05, 0) is 20.8 Å². The summed E-state index contributed by atoms with van der Waals surface area (Å²) in [5.74, 6) is 0.110. The number of piperazine rings is 1. The molecule has 0 atom stereocenters. The number of hydrogen-bond donors (Lipinski definition) is 1. The Morgan fingerprint density at radius 2 is 1.88 bits per heavy atom. The van der Waals surface area contributed by atoms with E-state index in [1.54, 1.807) is 22.8 Å². The van der Waals surface area contributed by atoms with Gasteiger partial charge in [0.05, 0.1) is 7.11 Å². The minimum Gasteiger partial charge on any atom is -0.479 e. The summed E-state index contributed by atoms with van der Waals surface area (Å²) in [4.78, 5) is 28.2. The Balaban J connectivity index is 1.72. The molecule has 26 heavy (non-hydrogen) atoms. The molecule has 2 rings (SSSR count). The zero-order chi connectivity index (χ0) is 19.3. The maximum Gasteiger partial charge on any atom is 0.410 e. The Kier molecular flexibility index (Phi) is 6.47. The maximum absolute atomic E-state index is 12.2. The number of methoxy groups -OCH3 is 1. The third kappa shape index (κ3) is 5.62. The largest absolute Gasteiger partial charge is 0.479 e. The summed E-state index contributed by atoms with van der Waals surface area (Å²) in [5.41, 5.74) is -0.0592. The number of carbonyl (C=O) groups excluding carboxylic acids is 2. The lowest BCUT2D eigenvalue weighted by atomic mass is 10.2. The lowest BCUT2D eigenvalue weighted by Gasteiger charge is -2.35. The predicted molar refractivity (Wildman–Crippen MR) is 96.3 cm³/mol. The number of aromatic nitrogens is 2. The summed E-state index contributed by atoms with van der Waals surface area (Å²) in [7, 11) is 3.23. The number of nitrogens with zero attached hydrogens (tertiary/aromatic N) is 4. The highest BCUT2D eigenvalue weighted by atomic mass is 16.6. The van der Waals surface area contributed by atoms with Crippen LogP contribution in [0.1, 0.15) is 31.1 Å². The second-order valence-corrected chi connectivity index (χ2v) is 7.29. The van der Waals surface area contributed by atoms with Crippen LogP contribution in [0, 0.1) is 0 Å². The van der Waals surface area contributed by atoms with Gasteiger partial charge in [-0.15, -0.1) is 5.10 Å². The number of ether oxygens (including phenoxy) is 2. The van der Waals surface area contributed by atoms with Crippen molar-refractivity contribution in [3.05, 3.63) is 11.8 Å². The fourth-order valence-corrected chi connectivity index (χ4v) is 2.68. The van der Waals surface area contributed by atoms with Crippen LogP contribution >= 0.6 is 0 Å². The zero-order valence-corrected chi connectivity index (χ0v) is 16.2. The predicted octanol–water partition coefficient (Wildman–Crippen LogP) is 0.711. The minimum atomic E-state index is -0.480. The van der Waals surface area contributed by atoms with Crippen molar-refractivity contribution < 1.29 is 19.1 Å². The van der Waals surface area contributed by atoms with Gasteiger partial charge in [0, 0.05) is 52.5 Å². The van der Waals surface area contributed by atoms with Gasteiger partial charge < -0.3 is 19.7 Å². The third-order valence-corrected chi connectivity index (χ3v) is 3.97. The Labute approximate surface area is 154 Å². The van der Waals surface area contributed by atoms with Gasteiger partial charge in [-0.25, -0.2) is 4.79 Å². The molecule has 0 saturated carbocycles. The molecule has 0 aromatic carbocycles. The average Bonchev–Trinajstić information content (AvgIpc) is 2.95. The van der Waals surface area contributed by atoms with E-state index < -0.39 is 5.60 Å². The molecule has 1 fully saturated rings. The molecule has 1 N–H and O–H groups in total. The van der Waals surface area contributed by atoms with Crippen LogP contribution in [0.5, 0.6) is 5.88 Å². The van der Waals surface area contributed by atoms with Crippen molar-refractivity contribution in [3.63, 3.8) is 0 Å². The van der Waals surface area contributed by atoms with E-state index in [1.807, 2.05) is 20.8 Å². The summed E-state index contributed by atoms with van der Waals surface area (Å²) in [6.07, 6.45) is 1.36. The van der Waals surface area contributed by atoms with E-state index in [9.17, 15) is 9.59 Å². The summed E-state index contributed by atoms with van der Waals surface area (Å²) in [6, 6.07) is 0. The van der Waals surface area contributed by atoms with Crippen LogP contribution < -0.4 is 10.1 Å². The van der Waals surface area contributed by atoms with Gasteiger partial charge in [-0.3, -0.25) is 14.4 Å². The number of hydrogen-bond acceptors (Lipinski definition) is 6. The summed E-state index contributed by atoms with van der Waals surface area (Å²) in [5, 5.41) is 6.95. The zero-order valence-electron chi connectivity index (χ0n) is 16.2. The van der Waals surface area contributed by atoms with Crippen molar-refractivity contribution in [2.75, 3.05) is 46.4 Å².